The predicted molar refractivity (Wildman–Crippen MR) is 67.3 cm³/mol. The Kier molecular flexibility index (Phi) is 3.64. The molecule has 7 nitrogen and oxygen atoms in total. The number of aryl methyl sites for hydroxylation is 3. The van der Waals surface area contributed by atoms with Crippen molar-refractivity contribution in [2.45, 2.75) is 40.3 Å². The molecule has 0 fully saturated rings. The fourth-order valence-electron chi connectivity index (χ4n) is 1.88. The molecule has 0 spiro atoms. The quantitative estimate of drug-likeness (QED) is 0.891. The van der Waals surface area contributed by atoms with Crippen molar-refractivity contribution >= 4 is 5.91 Å². The van der Waals surface area contributed by atoms with E-state index in [2.05, 4.69) is 25.4 Å². The van der Waals surface area contributed by atoms with Gasteiger partial charge in [-0.05, 0) is 33.8 Å². The summed E-state index contributed by atoms with van der Waals surface area (Å²) in [5.74, 6) is -0.117. The zero-order valence-electron chi connectivity index (χ0n) is 11.5. The average Bonchev–Trinajstić information content (AvgIpc) is 2.91. The molecule has 1 amide bonds. The van der Waals surface area contributed by atoms with Crippen LogP contribution < -0.4 is 5.32 Å². The van der Waals surface area contributed by atoms with Crippen LogP contribution >= 0.6 is 0 Å². The summed E-state index contributed by atoms with van der Waals surface area (Å²) < 4.78 is 6.28. The summed E-state index contributed by atoms with van der Waals surface area (Å²) in [6, 6.07) is 1.57. The number of nitrogens with one attached hydrogen (secondary N) is 1. The fraction of sp³-hybridized carbons (Fsp3) is 0.500. The maximum Gasteiger partial charge on any atom is 0.244 e. The molecular weight excluding hydrogens is 246 g/mol. The lowest BCUT2D eigenvalue weighted by Gasteiger charge is -2.13. The Morgan fingerprint density at radius 2 is 2.16 bits per heavy atom. The van der Waals surface area contributed by atoms with Crippen LogP contribution in [0.25, 0.3) is 0 Å². The van der Waals surface area contributed by atoms with Crippen molar-refractivity contribution in [1.29, 1.82) is 0 Å². The molecule has 2 heterocycles. The summed E-state index contributed by atoms with van der Waals surface area (Å²) in [5, 5.41) is 14.5. The largest absolute Gasteiger partial charge is 0.348 e. The monoisotopic (exact) mass is 263 g/mol. The molecule has 0 aliphatic heterocycles. The zero-order valence-corrected chi connectivity index (χ0v) is 11.5. The van der Waals surface area contributed by atoms with Crippen molar-refractivity contribution < 1.29 is 9.42 Å². The van der Waals surface area contributed by atoms with Gasteiger partial charge in [0.05, 0.1) is 12.2 Å². The van der Waals surface area contributed by atoms with E-state index in [4.69, 9.17) is 0 Å². The van der Waals surface area contributed by atoms with Crippen molar-refractivity contribution in [3.8, 4) is 0 Å². The van der Waals surface area contributed by atoms with Gasteiger partial charge < -0.3 is 5.32 Å². The third-order valence-corrected chi connectivity index (χ3v) is 2.97. The highest BCUT2D eigenvalue weighted by Gasteiger charge is 2.18. The van der Waals surface area contributed by atoms with E-state index >= 15 is 0 Å². The summed E-state index contributed by atoms with van der Waals surface area (Å²) in [6.07, 6.45) is 0. The van der Waals surface area contributed by atoms with Crippen LogP contribution in [-0.2, 0) is 11.3 Å². The van der Waals surface area contributed by atoms with Crippen LogP contribution in [0.1, 0.15) is 35.7 Å². The van der Waals surface area contributed by atoms with Crippen molar-refractivity contribution in [2.75, 3.05) is 0 Å². The Hall–Kier alpha value is -2.18. The lowest BCUT2D eigenvalue weighted by molar-refractivity contribution is -0.124. The van der Waals surface area contributed by atoms with Crippen LogP contribution in [0, 0.1) is 20.8 Å². The van der Waals surface area contributed by atoms with Gasteiger partial charge >= 0.3 is 0 Å². The molecule has 19 heavy (non-hydrogen) atoms. The van der Waals surface area contributed by atoms with E-state index in [-0.39, 0.29) is 11.9 Å². The zero-order chi connectivity index (χ0) is 14.0. The molecule has 7 heteroatoms. The highest BCUT2D eigenvalue weighted by atomic mass is 16.6. The molecule has 1 unspecified atom stereocenters. The second kappa shape index (κ2) is 5.21. The first-order valence-corrected chi connectivity index (χ1v) is 6.07. The highest BCUT2D eigenvalue weighted by molar-refractivity contribution is 5.79. The number of nitrogens with zero attached hydrogens (tertiary/aromatic N) is 4. The smallest absolute Gasteiger partial charge is 0.244 e. The summed E-state index contributed by atoms with van der Waals surface area (Å²) in [6.45, 7) is 7.72. The normalized spacial score (nSPS) is 12.4. The van der Waals surface area contributed by atoms with Gasteiger partial charge in [0, 0.05) is 5.69 Å². The SMILES string of the molecule is Cc1cc(C)n(C(C)C(=O)NCc2nonc2C)n1. The Balaban J connectivity index is 2.00. The van der Waals surface area contributed by atoms with Crippen molar-refractivity contribution in [2.24, 2.45) is 0 Å². The molecule has 0 saturated carbocycles. The third kappa shape index (κ3) is 2.81. The van der Waals surface area contributed by atoms with Gasteiger partial charge in [0.2, 0.25) is 5.91 Å². The standard InChI is InChI=1S/C12H17N5O2/c1-7-5-8(2)17(14-7)10(4)12(18)13-6-11-9(3)15-19-16-11/h5,10H,6H2,1-4H3,(H,13,18). The first-order valence-electron chi connectivity index (χ1n) is 6.07. The Morgan fingerprint density at radius 3 is 2.68 bits per heavy atom. The van der Waals surface area contributed by atoms with E-state index in [0.29, 0.717) is 17.9 Å². The number of hydrogen-bond donors (Lipinski definition) is 1. The summed E-state index contributed by atoms with van der Waals surface area (Å²) in [7, 11) is 0. The van der Waals surface area contributed by atoms with E-state index in [1.54, 1.807) is 11.6 Å². The van der Waals surface area contributed by atoms with Gasteiger partial charge in [-0.3, -0.25) is 9.48 Å². The summed E-state index contributed by atoms with van der Waals surface area (Å²) >= 11 is 0. The first kappa shape index (κ1) is 13.3. The number of aromatic nitrogens is 4. The van der Waals surface area contributed by atoms with Crippen LogP contribution in [0.2, 0.25) is 0 Å². The molecule has 102 valence electrons. The third-order valence-electron chi connectivity index (χ3n) is 2.97. The molecule has 1 atom stereocenters. The molecule has 2 aromatic rings. The maximum absolute atomic E-state index is 12.1. The van der Waals surface area contributed by atoms with E-state index < -0.39 is 0 Å². The Labute approximate surface area is 110 Å². The van der Waals surface area contributed by atoms with E-state index in [1.807, 2.05) is 26.8 Å². The van der Waals surface area contributed by atoms with Gasteiger partial charge in [0.15, 0.2) is 0 Å². The highest BCUT2D eigenvalue weighted by Crippen LogP contribution is 2.11. The van der Waals surface area contributed by atoms with E-state index in [0.717, 1.165) is 11.4 Å². The minimum Gasteiger partial charge on any atom is -0.348 e. The molecule has 0 aliphatic rings. The molecule has 2 aromatic heterocycles. The second-order valence-electron chi connectivity index (χ2n) is 4.56. The number of amides is 1. The molecule has 0 aliphatic carbocycles. The first-order chi connectivity index (χ1) is 8.99. The second-order valence-corrected chi connectivity index (χ2v) is 4.56. The minimum absolute atomic E-state index is 0.117. The lowest BCUT2D eigenvalue weighted by atomic mass is 10.3. The molecule has 1 N–H and O–H groups in total. The molecule has 0 bridgehead atoms. The van der Waals surface area contributed by atoms with Gasteiger partial charge in [0.25, 0.3) is 0 Å². The number of hydrogen-bond acceptors (Lipinski definition) is 5. The number of carbonyl (C=O) groups is 1. The maximum atomic E-state index is 12.1. The minimum atomic E-state index is -0.367. The van der Waals surface area contributed by atoms with E-state index in [9.17, 15) is 4.79 Å². The summed E-state index contributed by atoms with van der Waals surface area (Å²) in [5.41, 5.74) is 3.17. The van der Waals surface area contributed by atoms with Crippen LogP contribution in [0.3, 0.4) is 0 Å². The van der Waals surface area contributed by atoms with Gasteiger partial charge in [-0.1, -0.05) is 10.3 Å². The number of rotatable bonds is 4. The van der Waals surface area contributed by atoms with Crippen molar-refractivity contribution in [3.63, 3.8) is 0 Å². The lowest BCUT2D eigenvalue weighted by Crippen LogP contribution is -2.31. The topological polar surface area (TPSA) is 85.8 Å². The predicted octanol–water partition coefficient (Wildman–Crippen LogP) is 1.07. The van der Waals surface area contributed by atoms with Gasteiger partial charge in [-0.2, -0.15) is 5.10 Å². The van der Waals surface area contributed by atoms with Crippen LogP contribution in [0.4, 0.5) is 0 Å². The van der Waals surface area contributed by atoms with Crippen molar-refractivity contribution in [3.05, 3.63) is 28.8 Å². The fourth-order valence-corrected chi connectivity index (χ4v) is 1.88. The van der Waals surface area contributed by atoms with Crippen molar-refractivity contribution in [1.82, 2.24) is 25.4 Å². The van der Waals surface area contributed by atoms with Gasteiger partial charge in [-0.15, -0.1) is 0 Å². The van der Waals surface area contributed by atoms with Crippen LogP contribution in [-0.4, -0.2) is 26.0 Å². The Bertz CT molecular complexity index is 587. The molecular formula is C12H17N5O2. The average molecular weight is 263 g/mol. The van der Waals surface area contributed by atoms with Crippen LogP contribution in [0.5, 0.6) is 0 Å². The van der Waals surface area contributed by atoms with Crippen LogP contribution in [0.15, 0.2) is 10.7 Å². The summed E-state index contributed by atoms with van der Waals surface area (Å²) in [4.78, 5) is 12.1. The molecule has 0 radical (unpaired) electrons. The van der Waals surface area contributed by atoms with Gasteiger partial charge in [-0.25, -0.2) is 4.63 Å². The number of carbonyl (C=O) groups excluding carboxylic acids is 1. The molecule has 0 saturated heterocycles. The van der Waals surface area contributed by atoms with E-state index in [1.165, 1.54) is 0 Å². The molecule has 0 aromatic carbocycles. The molecule has 2 rings (SSSR count). The Morgan fingerprint density at radius 1 is 1.42 bits per heavy atom. The van der Waals surface area contributed by atoms with Gasteiger partial charge in [0.1, 0.15) is 17.4 Å².